The third-order valence-electron chi connectivity index (χ3n) is 7.09. The van der Waals surface area contributed by atoms with Gasteiger partial charge in [0.15, 0.2) is 0 Å². The van der Waals surface area contributed by atoms with E-state index in [1.165, 1.54) is 6.42 Å². The molecule has 0 aliphatic rings. The van der Waals surface area contributed by atoms with Gasteiger partial charge in [-0.3, -0.25) is 9.59 Å². The lowest BCUT2D eigenvalue weighted by Crippen LogP contribution is -2.54. The lowest BCUT2D eigenvalue weighted by atomic mass is 9.99. The van der Waals surface area contributed by atoms with E-state index in [1.807, 2.05) is 67.6 Å². The zero-order valence-electron chi connectivity index (χ0n) is 26.7. The van der Waals surface area contributed by atoms with Crippen molar-refractivity contribution in [1.29, 1.82) is 0 Å². The minimum absolute atomic E-state index is 0.0280. The Bertz CT molecular complexity index is 1070. The maximum Gasteiger partial charge on any atom is 0.408 e. The van der Waals surface area contributed by atoms with Gasteiger partial charge < -0.3 is 20.3 Å². The Kier molecular flexibility index (Phi) is 15.1. The van der Waals surface area contributed by atoms with Gasteiger partial charge in [0.05, 0.1) is 0 Å². The van der Waals surface area contributed by atoms with E-state index in [1.54, 1.807) is 25.7 Å². The van der Waals surface area contributed by atoms with Crippen molar-refractivity contribution < 1.29 is 19.1 Å². The van der Waals surface area contributed by atoms with E-state index >= 15 is 0 Å². The molecule has 0 aliphatic heterocycles. The summed E-state index contributed by atoms with van der Waals surface area (Å²) in [5, 5.41) is 5.99. The molecule has 0 saturated carbocycles. The van der Waals surface area contributed by atoms with Crippen molar-refractivity contribution in [1.82, 2.24) is 15.5 Å². The van der Waals surface area contributed by atoms with Crippen molar-refractivity contribution in [2.24, 2.45) is 0 Å². The Morgan fingerprint density at radius 1 is 0.810 bits per heavy atom. The number of alkyl carbamates (subject to hydrolysis) is 1. The Labute approximate surface area is 253 Å². The monoisotopic (exact) mass is 579 g/mol. The SMILES string of the molecule is CCCCCCCCN(C(=O)C(Cc1ccccc1)NC(=O)OC(C)(C)C)C(C(=O)NC(C)CCC)c1ccccc1. The third kappa shape index (κ3) is 12.7. The molecule has 42 heavy (non-hydrogen) atoms. The zero-order chi connectivity index (χ0) is 31.0. The first kappa shape index (κ1) is 34.8. The summed E-state index contributed by atoms with van der Waals surface area (Å²) in [7, 11) is 0. The van der Waals surface area contributed by atoms with Crippen molar-refractivity contribution in [3.8, 4) is 0 Å². The van der Waals surface area contributed by atoms with E-state index < -0.39 is 23.8 Å². The van der Waals surface area contributed by atoms with Gasteiger partial charge in [-0.25, -0.2) is 4.79 Å². The molecular formula is C35H53N3O4. The minimum Gasteiger partial charge on any atom is -0.444 e. The highest BCUT2D eigenvalue weighted by atomic mass is 16.6. The summed E-state index contributed by atoms with van der Waals surface area (Å²) in [6.07, 6.45) is 7.71. The standard InChI is InChI=1S/C35H53N3O4/c1-7-9-10-11-12-19-25-38(31(29-23-17-14-18-24-29)32(39)36-27(3)20-8-2)33(40)30(26-28-21-15-13-16-22-28)37-34(41)42-35(4,5)6/h13-18,21-24,27,30-31H,7-12,19-20,25-26H2,1-6H3,(H,36,39)(H,37,41). The fourth-order valence-electron chi connectivity index (χ4n) is 5.06. The summed E-state index contributed by atoms with van der Waals surface area (Å²) >= 11 is 0. The molecular weight excluding hydrogens is 526 g/mol. The van der Waals surface area contributed by atoms with E-state index in [0.29, 0.717) is 6.54 Å². The number of ether oxygens (including phenoxy) is 1. The second kappa shape index (κ2) is 18.2. The molecule has 2 aromatic rings. The first-order chi connectivity index (χ1) is 20.1. The van der Waals surface area contributed by atoms with Gasteiger partial charge in [0.2, 0.25) is 11.8 Å². The maximum atomic E-state index is 14.5. The van der Waals surface area contributed by atoms with E-state index in [2.05, 4.69) is 24.5 Å². The molecule has 3 amide bonds. The van der Waals surface area contributed by atoms with E-state index in [4.69, 9.17) is 4.74 Å². The fraction of sp³-hybridized carbons (Fsp3) is 0.571. The highest BCUT2D eigenvalue weighted by Crippen LogP contribution is 2.25. The van der Waals surface area contributed by atoms with Gasteiger partial charge in [0, 0.05) is 19.0 Å². The van der Waals surface area contributed by atoms with Gasteiger partial charge >= 0.3 is 6.09 Å². The lowest BCUT2D eigenvalue weighted by Gasteiger charge is -2.35. The molecule has 0 aliphatic carbocycles. The number of rotatable bonds is 17. The van der Waals surface area contributed by atoms with Gasteiger partial charge in [0.25, 0.3) is 0 Å². The number of benzene rings is 2. The van der Waals surface area contributed by atoms with E-state index in [9.17, 15) is 14.4 Å². The molecule has 0 heterocycles. The smallest absolute Gasteiger partial charge is 0.408 e. The number of nitrogens with zero attached hydrogens (tertiary/aromatic N) is 1. The second-order valence-electron chi connectivity index (χ2n) is 12.2. The van der Waals surface area contributed by atoms with Crippen molar-refractivity contribution in [2.75, 3.05) is 6.54 Å². The van der Waals surface area contributed by atoms with Gasteiger partial charge in [-0.1, -0.05) is 113 Å². The molecule has 0 fully saturated rings. The molecule has 7 heteroatoms. The molecule has 0 aromatic heterocycles. The molecule has 0 saturated heterocycles. The highest BCUT2D eigenvalue weighted by molar-refractivity contribution is 5.92. The van der Waals surface area contributed by atoms with Crippen LogP contribution in [-0.4, -0.2) is 47.0 Å². The van der Waals surface area contributed by atoms with Crippen LogP contribution in [0.5, 0.6) is 0 Å². The van der Waals surface area contributed by atoms with E-state index in [-0.39, 0.29) is 24.3 Å². The fourth-order valence-corrected chi connectivity index (χ4v) is 5.06. The summed E-state index contributed by atoms with van der Waals surface area (Å²) in [5.74, 6) is -0.511. The number of hydrogen-bond donors (Lipinski definition) is 2. The number of hydrogen-bond acceptors (Lipinski definition) is 4. The van der Waals surface area contributed by atoms with Crippen LogP contribution in [0.2, 0.25) is 0 Å². The van der Waals surface area contributed by atoms with Gasteiger partial charge in [-0.15, -0.1) is 0 Å². The van der Waals surface area contributed by atoms with Crippen molar-refractivity contribution in [3.05, 3.63) is 71.8 Å². The summed E-state index contributed by atoms with van der Waals surface area (Å²) in [6, 6.07) is 17.3. The zero-order valence-corrected chi connectivity index (χ0v) is 26.7. The number of carbonyl (C=O) groups excluding carboxylic acids is 3. The molecule has 0 radical (unpaired) electrons. The van der Waals surface area contributed by atoms with Crippen LogP contribution in [0.3, 0.4) is 0 Å². The number of unbranched alkanes of at least 4 members (excludes halogenated alkanes) is 5. The third-order valence-corrected chi connectivity index (χ3v) is 7.09. The van der Waals surface area contributed by atoms with Crippen molar-refractivity contribution >= 4 is 17.9 Å². The van der Waals surface area contributed by atoms with Gasteiger partial charge in [0.1, 0.15) is 17.7 Å². The van der Waals surface area contributed by atoms with Crippen LogP contribution in [0.4, 0.5) is 4.79 Å². The Morgan fingerprint density at radius 2 is 1.40 bits per heavy atom. The van der Waals surface area contributed by atoms with E-state index in [0.717, 1.165) is 56.1 Å². The molecule has 7 nitrogen and oxygen atoms in total. The molecule has 0 bridgehead atoms. The quantitative estimate of drug-likeness (QED) is 0.192. The Balaban J connectivity index is 2.48. The number of amides is 3. The molecule has 2 N–H and O–H groups in total. The van der Waals surface area contributed by atoms with Crippen molar-refractivity contribution in [2.45, 2.75) is 123 Å². The van der Waals surface area contributed by atoms with Crippen LogP contribution >= 0.6 is 0 Å². The summed E-state index contributed by atoms with van der Waals surface area (Å²) in [5.41, 5.74) is 0.933. The number of carbonyl (C=O) groups is 3. The largest absolute Gasteiger partial charge is 0.444 e. The van der Waals surface area contributed by atoms with Gasteiger partial charge in [-0.2, -0.15) is 0 Å². The predicted octanol–water partition coefficient (Wildman–Crippen LogP) is 7.36. The molecule has 232 valence electrons. The van der Waals surface area contributed by atoms with Crippen LogP contribution in [0.1, 0.15) is 110 Å². The average Bonchev–Trinajstić information content (AvgIpc) is 2.93. The van der Waals surface area contributed by atoms with Crippen LogP contribution in [0.25, 0.3) is 0 Å². The molecule has 2 aromatic carbocycles. The highest BCUT2D eigenvalue weighted by Gasteiger charge is 2.36. The second-order valence-corrected chi connectivity index (χ2v) is 12.2. The topological polar surface area (TPSA) is 87.7 Å². The minimum atomic E-state index is -0.908. The first-order valence-electron chi connectivity index (χ1n) is 15.7. The lowest BCUT2D eigenvalue weighted by molar-refractivity contribution is -0.142. The van der Waals surface area contributed by atoms with Crippen LogP contribution in [0.15, 0.2) is 60.7 Å². The van der Waals surface area contributed by atoms with Crippen LogP contribution < -0.4 is 10.6 Å². The summed E-state index contributed by atoms with van der Waals surface area (Å²) < 4.78 is 5.54. The van der Waals surface area contributed by atoms with Crippen LogP contribution in [-0.2, 0) is 20.7 Å². The molecule has 3 unspecified atom stereocenters. The van der Waals surface area contributed by atoms with Gasteiger partial charge in [-0.05, 0) is 51.7 Å². The average molecular weight is 580 g/mol. The Hall–Kier alpha value is -3.35. The predicted molar refractivity (Wildman–Crippen MR) is 170 cm³/mol. The molecule has 0 spiro atoms. The molecule has 2 rings (SSSR count). The maximum absolute atomic E-state index is 14.5. The summed E-state index contributed by atoms with van der Waals surface area (Å²) in [6.45, 7) is 12.0. The van der Waals surface area contributed by atoms with Crippen molar-refractivity contribution in [3.63, 3.8) is 0 Å². The Morgan fingerprint density at radius 3 is 2.00 bits per heavy atom. The van der Waals surface area contributed by atoms with Crippen LogP contribution in [0, 0.1) is 0 Å². The normalized spacial score (nSPS) is 13.5. The number of nitrogens with one attached hydrogen (secondary N) is 2. The summed E-state index contributed by atoms with van der Waals surface area (Å²) in [4.78, 5) is 43.1. The molecule has 3 atom stereocenters. The first-order valence-corrected chi connectivity index (χ1v) is 15.7.